The molecule has 1 aromatic carbocycles. The fourth-order valence-electron chi connectivity index (χ4n) is 1.29. The summed E-state index contributed by atoms with van der Waals surface area (Å²) in [5, 5.41) is 0. The molecule has 0 spiro atoms. The van der Waals surface area contributed by atoms with Crippen molar-refractivity contribution < 1.29 is 0 Å². The highest BCUT2D eigenvalue weighted by Gasteiger charge is 1.95. The Morgan fingerprint density at radius 2 is 1.92 bits per heavy atom. The molecule has 1 aromatic rings. The molecule has 0 saturated heterocycles. The molecule has 0 aromatic heterocycles. The summed E-state index contributed by atoms with van der Waals surface area (Å²) in [6, 6.07) is 10.5. The molecule has 12 heavy (non-hydrogen) atoms. The summed E-state index contributed by atoms with van der Waals surface area (Å²) in [6.07, 6.45) is 7.08. The first-order valence-corrected chi connectivity index (χ1v) is 4.11. The number of hydrogen-bond donors (Lipinski definition) is 0. The Morgan fingerprint density at radius 3 is 2.58 bits per heavy atom. The molecule has 0 N–H and O–H groups in total. The molecule has 0 heteroatoms. The van der Waals surface area contributed by atoms with E-state index in [0.717, 1.165) is 6.42 Å². The summed E-state index contributed by atoms with van der Waals surface area (Å²) in [6.45, 7) is 0. The van der Waals surface area contributed by atoms with Crippen LogP contribution in [0.5, 0.6) is 0 Å². The Kier molecular flexibility index (Phi) is 1.94. The summed E-state index contributed by atoms with van der Waals surface area (Å²) >= 11 is 0. The average molecular weight is 154 g/mol. The van der Waals surface area contributed by atoms with E-state index >= 15 is 0 Å². The number of rotatable bonds is 2. The topological polar surface area (TPSA) is 0 Å². The van der Waals surface area contributed by atoms with E-state index in [1.807, 2.05) is 18.2 Å². The van der Waals surface area contributed by atoms with Gasteiger partial charge in [-0.15, -0.1) is 5.73 Å². The summed E-state index contributed by atoms with van der Waals surface area (Å²) < 4.78 is 0. The maximum Gasteiger partial charge on any atom is 0.00479 e. The fraction of sp³-hybridized carbons (Fsp3) is 0.0833. The van der Waals surface area contributed by atoms with Gasteiger partial charge >= 0.3 is 0 Å². The van der Waals surface area contributed by atoms with Crippen molar-refractivity contribution in [1.29, 1.82) is 0 Å². The lowest BCUT2D eigenvalue weighted by atomic mass is 10.1. The van der Waals surface area contributed by atoms with Gasteiger partial charge < -0.3 is 0 Å². The first-order chi connectivity index (χ1) is 5.95. The third kappa shape index (κ3) is 1.55. The maximum absolute atomic E-state index is 3.19. The smallest absolute Gasteiger partial charge is 0.00479 e. The lowest BCUT2D eigenvalue weighted by Crippen LogP contribution is -1.84. The van der Waals surface area contributed by atoms with Crippen molar-refractivity contribution in [2.45, 2.75) is 6.42 Å². The van der Waals surface area contributed by atoms with E-state index in [9.17, 15) is 0 Å². The van der Waals surface area contributed by atoms with Crippen LogP contribution in [0.3, 0.4) is 0 Å². The zero-order chi connectivity index (χ0) is 8.23. The normalized spacial score (nSPS) is 13.5. The molecular formula is C12H10. The van der Waals surface area contributed by atoms with Crippen molar-refractivity contribution in [3.05, 3.63) is 65.4 Å². The first kappa shape index (κ1) is 7.15. The third-order valence-corrected chi connectivity index (χ3v) is 1.90. The van der Waals surface area contributed by atoms with Gasteiger partial charge in [0, 0.05) is 6.42 Å². The second-order valence-corrected chi connectivity index (χ2v) is 2.86. The van der Waals surface area contributed by atoms with E-state index in [4.69, 9.17) is 0 Å². The molecule has 0 amide bonds. The van der Waals surface area contributed by atoms with Crippen LogP contribution < -0.4 is 0 Å². The second kappa shape index (κ2) is 3.25. The van der Waals surface area contributed by atoms with Crippen LogP contribution in [0.25, 0.3) is 0 Å². The minimum Gasteiger partial charge on any atom is -0.117 e. The molecule has 0 fully saturated rings. The van der Waals surface area contributed by atoms with E-state index in [2.05, 4.69) is 36.1 Å². The molecule has 1 aliphatic rings. The van der Waals surface area contributed by atoms with Gasteiger partial charge in [0.15, 0.2) is 0 Å². The van der Waals surface area contributed by atoms with Crippen LogP contribution in [-0.4, -0.2) is 0 Å². The molecule has 0 unspecified atom stereocenters. The van der Waals surface area contributed by atoms with E-state index in [1.54, 1.807) is 0 Å². The van der Waals surface area contributed by atoms with Gasteiger partial charge in [0.25, 0.3) is 0 Å². The molecule has 0 radical (unpaired) electrons. The zero-order valence-corrected chi connectivity index (χ0v) is 6.83. The predicted molar refractivity (Wildman–Crippen MR) is 50.9 cm³/mol. The van der Waals surface area contributed by atoms with Crippen LogP contribution >= 0.6 is 0 Å². The van der Waals surface area contributed by atoms with Crippen molar-refractivity contribution in [2.75, 3.05) is 0 Å². The molecule has 0 atom stereocenters. The first-order valence-electron chi connectivity index (χ1n) is 4.11. The van der Waals surface area contributed by atoms with E-state index in [-0.39, 0.29) is 0 Å². The van der Waals surface area contributed by atoms with Crippen LogP contribution in [-0.2, 0) is 6.42 Å². The maximum atomic E-state index is 3.19. The van der Waals surface area contributed by atoms with Crippen molar-refractivity contribution in [2.24, 2.45) is 0 Å². The lowest BCUT2D eigenvalue weighted by Gasteiger charge is -1.97. The summed E-state index contributed by atoms with van der Waals surface area (Å²) in [4.78, 5) is 0. The molecular weight excluding hydrogens is 144 g/mol. The molecule has 0 heterocycles. The monoisotopic (exact) mass is 154 g/mol. The quantitative estimate of drug-likeness (QED) is 0.574. The number of benzene rings is 1. The average Bonchev–Trinajstić information content (AvgIpc) is 2.59. The Balaban J connectivity index is 2.15. The SMILES string of the molecule is C1=CC=CC=1Cc1ccccc1. The molecule has 0 aliphatic heterocycles. The highest BCUT2D eigenvalue weighted by atomic mass is 14.0. The van der Waals surface area contributed by atoms with Crippen molar-refractivity contribution in [1.82, 2.24) is 0 Å². The van der Waals surface area contributed by atoms with E-state index < -0.39 is 0 Å². The van der Waals surface area contributed by atoms with Gasteiger partial charge in [-0.2, -0.15) is 0 Å². The van der Waals surface area contributed by atoms with Gasteiger partial charge in [0.05, 0.1) is 0 Å². The molecule has 1 aliphatic carbocycles. The van der Waals surface area contributed by atoms with Gasteiger partial charge in [-0.1, -0.05) is 42.5 Å². The van der Waals surface area contributed by atoms with Crippen molar-refractivity contribution in [3.8, 4) is 0 Å². The second-order valence-electron chi connectivity index (χ2n) is 2.86. The van der Waals surface area contributed by atoms with Gasteiger partial charge in [-0.05, 0) is 17.2 Å². The van der Waals surface area contributed by atoms with Gasteiger partial charge in [0.2, 0.25) is 0 Å². The Morgan fingerprint density at radius 1 is 1.08 bits per heavy atom. The Hall–Kier alpha value is -1.52. The number of allylic oxidation sites excluding steroid dienone is 3. The Bertz CT molecular complexity index is 349. The standard InChI is InChI=1S/C12H10/c1-2-6-11(7-3-1)10-12-8-4-5-9-12/h1-8H,10H2. The molecule has 58 valence electrons. The van der Waals surface area contributed by atoms with Gasteiger partial charge in [0.1, 0.15) is 0 Å². The van der Waals surface area contributed by atoms with E-state index in [1.165, 1.54) is 11.1 Å². The molecule has 2 rings (SSSR count). The van der Waals surface area contributed by atoms with Crippen LogP contribution in [0.1, 0.15) is 5.56 Å². The number of hydrogen-bond acceptors (Lipinski definition) is 0. The van der Waals surface area contributed by atoms with Crippen LogP contribution in [0, 0.1) is 0 Å². The highest BCUT2D eigenvalue weighted by Crippen LogP contribution is 2.10. The van der Waals surface area contributed by atoms with E-state index in [0.29, 0.717) is 0 Å². The van der Waals surface area contributed by atoms with Crippen LogP contribution in [0.4, 0.5) is 0 Å². The molecule has 0 saturated carbocycles. The molecule has 0 nitrogen and oxygen atoms in total. The van der Waals surface area contributed by atoms with Crippen LogP contribution in [0.15, 0.2) is 59.9 Å². The third-order valence-electron chi connectivity index (χ3n) is 1.90. The lowest BCUT2D eigenvalue weighted by molar-refractivity contribution is 1.21. The molecule has 0 bridgehead atoms. The summed E-state index contributed by atoms with van der Waals surface area (Å²) in [7, 11) is 0. The highest BCUT2D eigenvalue weighted by molar-refractivity contribution is 5.33. The van der Waals surface area contributed by atoms with Crippen molar-refractivity contribution in [3.63, 3.8) is 0 Å². The van der Waals surface area contributed by atoms with Crippen molar-refractivity contribution >= 4 is 0 Å². The minimum atomic E-state index is 0.994. The van der Waals surface area contributed by atoms with Gasteiger partial charge in [-0.25, -0.2) is 0 Å². The zero-order valence-electron chi connectivity index (χ0n) is 6.83. The predicted octanol–water partition coefficient (Wildman–Crippen LogP) is 2.88. The largest absolute Gasteiger partial charge is 0.117 e. The summed E-state index contributed by atoms with van der Waals surface area (Å²) in [5.41, 5.74) is 5.80. The Labute approximate surface area is 72.5 Å². The van der Waals surface area contributed by atoms with Gasteiger partial charge in [-0.3, -0.25) is 0 Å². The minimum absolute atomic E-state index is 0.994. The summed E-state index contributed by atoms with van der Waals surface area (Å²) in [5.74, 6) is 0. The van der Waals surface area contributed by atoms with Crippen LogP contribution in [0.2, 0.25) is 0 Å². The fourth-order valence-corrected chi connectivity index (χ4v) is 1.29.